The number of ether oxygens (including phenoxy) is 2. The Bertz CT molecular complexity index is 735. The molecule has 0 radical (unpaired) electrons. The van der Waals surface area contributed by atoms with E-state index in [1.54, 1.807) is 37.5 Å². The fourth-order valence-corrected chi connectivity index (χ4v) is 2.11. The van der Waals surface area contributed by atoms with Gasteiger partial charge in [-0.1, -0.05) is 30.3 Å². The lowest BCUT2D eigenvalue weighted by molar-refractivity contribution is -0.116. The van der Waals surface area contributed by atoms with E-state index >= 15 is 0 Å². The number of carbonyl (C=O) groups excluding carboxylic acids is 2. The van der Waals surface area contributed by atoms with E-state index in [4.69, 9.17) is 4.74 Å². The van der Waals surface area contributed by atoms with Crippen molar-refractivity contribution in [3.05, 3.63) is 71.3 Å². The van der Waals surface area contributed by atoms with E-state index in [1.165, 1.54) is 13.2 Å². The molecule has 24 heavy (non-hydrogen) atoms. The molecular formula is C19H19NO4. The third-order valence-corrected chi connectivity index (χ3v) is 3.40. The maximum absolute atomic E-state index is 11.9. The number of esters is 1. The smallest absolute Gasteiger partial charge is 0.337 e. The van der Waals surface area contributed by atoms with Gasteiger partial charge in [-0.15, -0.1) is 0 Å². The molecule has 2 aromatic rings. The molecule has 2 aromatic carbocycles. The van der Waals surface area contributed by atoms with E-state index in [0.29, 0.717) is 12.1 Å². The molecule has 1 N–H and O–H groups in total. The zero-order chi connectivity index (χ0) is 17.4. The second-order valence-electron chi connectivity index (χ2n) is 4.98. The summed E-state index contributed by atoms with van der Waals surface area (Å²) in [6, 6.07) is 14.3. The van der Waals surface area contributed by atoms with Crippen molar-refractivity contribution in [3.8, 4) is 5.75 Å². The van der Waals surface area contributed by atoms with Crippen LogP contribution in [-0.2, 0) is 16.1 Å². The van der Waals surface area contributed by atoms with Crippen LogP contribution in [0.2, 0.25) is 0 Å². The summed E-state index contributed by atoms with van der Waals surface area (Å²) in [5.41, 5.74) is 2.19. The van der Waals surface area contributed by atoms with E-state index in [2.05, 4.69) is 10.1 Å². The fraction of sp³-hybridized carbons (Fsp3) is 0.158. The molecule has 0 fully saturated rings. The normalized spacial score (nSPS) is 10.4. The van der Waals surface area contributed by atoms with Gasteiger partial charge in [0.2, 0.25) is 5.91 Å². The SMILES string of the molecule is COC(=O)c1ccc(/C=C/C(=O)NCc2ccccc2OC)cc1. The number of benzene rings is 2. The van der Waals surface area contributed by atoms with Crippen LogP contribution in [0.25, 0.3) is 6.08 Å². The molecule has 0 saturated carbocycles. The first-order valence-corrected chi connectivity index (χ1v) is 7.40. The zero-order valence-corrected chi connectivity index (χ0v) is 13.6. The molecule has 0 aliphatic rings. The van der Waals surface area contributed by atoms with Gasteiger partial charge in [-0.2, -0.15) is 0 Å². The largest absolute Gasteiger partial charge is 0.496 e. The molecule has 0 saturated heterocycles. The first-order valence-electron chi connectivity index (χ1n) is 7.40. The molecule has 5 heteroatoms. The van der Waals surface area contributed by atoms with Crippen LogP contribution in [0.15, 0.2) is 54.6 Å². The van der Waals surface area contributed by atoms with Crippen LogP contribution in [0.4, 0.5) is 0 Å². The molecule has 0 unspecified atom stereocenters. The van der Waals surface area contributed by atoms with Crippen LogP contribution in [0.1, 0.15) is 21.5 Å². The quantitative estimate of drug-likeness (QED) is 0.655. The van der Waals surface area contributed by atoms with E-state index < -0.39 is 0 Å². The highest BCUT2D eigenvalue weighted by Gasteiger charge is 2.04. The standard InChI is InChI=1S/C19H19NO4/c1-23-17-6-4-3-5-16(17)13-20-18(21)12-9-14-7-10-15(11-8-14)19(22)24-2/h3-12H,13H2,1-2H3,(H,20,21)/b12-9+. The lowest BCUT2D eigenvalue weighted by Crippen LogP contribution is -2.20. The summed E-state index contributed by atoms with van der Waals surface area (Å²) in [7, 11) is 2.93. The molecule has 5 nitrogen and oxygen atoms in total. The highest BCUT2D eigenvalue weighted by molar-refractivity contribution is 5.92. The van der Waals surface area contributed by atoms with Gasteiger partial charge < -0.3 is 14.8 Å². The second kappa shape index (κ2) is 8.53. The number of methoxy groups -OCH3 is 2. The van der Waals surface area contributed by atoms with Gasteiger partial charge in [0, 0.05) is 18.2 Å². The summed E-state index contributed by atoms with van der Waals surface area (Å²) in [6.45, 7) is 0.383. The molecule has 0 spiro atoms. The molecule has 0 atom stereocenters. The third-order valence-electron chi connectivity index (χ3n) is 3.40. The highest BCUT2D eigenvalue weighted by Crippen LogP contribution is 2.16. The Morgan fingerprint density at radius 2 is 1.75 bits per heavy atom. The summed E-state index contributed by atoms with van der Waals surface area (Å²) in [6.07, 6.45) is 3.13. The number of amides is 1. The van der Waals surface area contributed by atoms with Crippen LogP contribution in [0.5, 0.6) is 5.75 Å². The number of nitrogens with one attached hydrogen (secondary N) is 1. The van der Waals surface area contributed by atoms with Crippen LogP contribution in [0, 0.1) is 0 Å². The van der Waals surface area contributed by atoms with Crippen molar-refractivity contribution in [1.82, 2.24) is 5.32 Å². The molecule has 0 bridgehead atoms. The van der Waals surface area contributed by atoms with E-state index in [9.17, 15) is 9.59 Å². The number of para-hydroxylation sites is 1. The molecule has 0 heterocycles. The number of rotatable bonds is 6. The average molecular weight is 325 g/mol. The molecule has 0 aromatic heterocycles. The van der Waals surface area contributed by atoms with Crippen LogP contribution >= 0.6 is 0 Å². The summed E-state index contributed by atoms with van der Waals surface area (Å²) in [5.74, 6) is 0.137. The van der Waals surface area contributed by atoms with Crippen LogP contribution < -0.4 is 10.1 Å². The van der Waals surface area contributed by atoms with Crippen molar-refractivity contribution in [2.24, 2.45) is 0 Å². The Kier molecular flexibility index (Phi) is 6.14. The Balaban J connectivity index is 1.92. The molecule has 0 aliphatic heterocycles. The summed E-state index contributed by atoms with van der Waals surface area (Å²) in [4.78, 5) is 23.2. The Labute approximate surface area is 140 Å². The molecular weight excluding hydrogens is 306 g/mol. The molecule has 0 aliphatic carbocycles. The monoisotopic (exact) mass is 325 g/mol. The Morgan fingerprint density at radius 3 is 2.42 bits per heavy atom. The Hall–Kier alpha value is -3.08. The fourth-order valence-electron chi connectivity index (χ4n) is 2.11. The number of carbonyl (C=O) groups is 2. The zero-order valence-electron chi connectivity index (χ0n) is 13.6. The minimum absolute atomic E-state index is 0.210. The molecule has 1 amide bonds. The maximum atomic E-state index is 11.9. The van der Waals surface area contributed by atoms with Gasteiger partial charge >= 0.3 is 5.97 Å². The van der Waals surface area contributed by atoms with Gasteiger partial charge in [-0.05, 0) is 29.8 Å². The summed E-state index contributed by atoms with van der Waals surface area (Å²) in [5, 5.41) is 2.80. The van der Waals surface area contributed by atoms with E-state index in [1.807, 2.05) is 24.3 Å². The number of hydrogen-bond donors (Lipinski definition) is 1. The van der Waals surface area contributed by atoms with Gasteiger partial charge in [-0.3, -0.25) is 4.79 Å². The van der Waals surface area contributed by atoms with Gasteiger partial charge in [-0.25, -0.2) is 4.79 Å². The van der Waals surface area contributed by atoms with Crippen molar-refractivity contribution in [2.75, 3.05) is 14.2 Å². The van der Waals surface area contributed by atoms with Gasteiger partial charge in [0.1, 0.15) is 5.75 Å². The van der Waals surface area contributed by atoms with E-state index in [-0.39, 0.29) is 11.9 Å². The molecule has 2 rings (SSSR count). The first-order chi connectivity index (χ1) is 11.6. The summed E-state index contributed by atoms with van der Waals surface area (Å²) < 4.78 is 9.88. The number of hydrogen-bond acceptors (Lipinski definition) is 4. The minimum Gasteiger partial charge on any atom is -0.496 e. The Morgan fingerprint density at radius 1 is 1.04 bits per heavy atom. The highest BCUT2D eigenvalue weighted by atomic mass is 16.5. The summed E-state index contributed by atoms with van der Waals surface area (Å²) >= 11 is 0. The third kappa shape index (κ3) is 4.71. The van der Waals surface area contributed by atoms with Crippen LogP contribution in [0.3, 0.4) is 0 Å². The first kappa shape index (κ1) is 17.3. The lowest BCUT2D eigenvalue weighted by Gasteiger charge is -2.08. The van der Waals surface area contributed by atoms with Gasteiger partial charge in [0.25, 0.3) is 0 Å². The molecule has 124 valence electrons. The van der Waals surface area contributed by atoms with Crippen molar-refractivity contribution < 1.29 is 19.1 Å². The van der Waals surface area contributed by atoms with Crippen molar-refractivity contribution in [3.63, 3.8) is 0 Å². The predicted octanol–water partition coefficient (Wildman–Crippen LogP) is 2.81. The van der Waals surface area contributed by atoms with Crippen LogP contribution in [-0.4, -0.2) is 26.1 Å². The van der Waals surface area contributed by atoms with Crippen molar-refractivity contribution in [2.45, 2.75) is 6.54 Å². The van der Waals surface area contributed by atoms with Gasteiger partial charge in [0.15, 0.2) is 0 Å². The topological polar surface area (TPSA) is 64.6 Å². The van der Waals surface area contributed by atoms with Crippen molar-refractivity contribution in [1.29, 1.82) is 0 Å². The van der Waals surface area contributed by atoms with Crippen molar-refractivity contribution >= 4 is 18.0 Å². The van der Waals surface area contributed by atoms with Gasteiger partial charge in [0.05, 0.1) is 19.8 Å². The predicted molar refractivity (Wildman–Crippen MR) is 91.7 cm³/mol. The maximum Gasteiger partial charge on any atom is 0.337 e. The minimum atomic E-state index is -0.389. The lowest BCUT2D eigenvalue weighted by atomic mass is 10.1. The average Bonchev–Trinajstić information content (AvgIpc) is 2.64. The second-order valence-corrected chi connectivity index (χ2v) is 4.98. The van der Waals surface area contributed by atoms with E-state index in [0.717, 1.165) is 16.9 Å².